The van der Waals surface area contributed by atoms with Crippen LogP contribution in [0.3, 0.4) is 0 Å². The molecule has 0 bridgehead atoms. The first kappa shape index (κ1) is 9.60. The van der Waals surface area contributed by atoms with Crippen LogP contribution in [0.4, 0.5) is 10.5 Å². The molecule has 1 aromatic rings. The number of H-pyrrole nitrogens is 1. The van der Waals surface area contributed by atoms with Crippen LogP contribution in [0, 0.1) is 6.92 Å². The third-order valence-corrected chi connectivity index (χ3v) is 1.62. The van der Waals surface area contributed by atoms with Crippen molar-refractivity contribution in [1.29, 1.82) is 0 Å². The monoisotopic (exact) mass is 202 g/mol. The second-order valence-corrected chi connectivity index (χ2v) is 2.82. The molecule has 0 atom stereocenters. The number of hydrogen-bond donors (Lipinski definition) is 3. The average molecular weight is 203 g/mol. The lowest BCUT2D eigenvalue weighted by molar-refractivity contribution is 0.209. The molecule has 70 valence electrons. The summed E-state index contributed by atoms with van der Waals surface area (Å²) in [7, 11) is 0. The van der Waals surface area contributed by atoms with Crippen molar-refractivity contribution in [1.82, 2.24) is 4.98 Å². The Labute approximate surface area is 78.4 Å². The van der Waals surface area contributed by atoms with Gasteiger partial charge in [-0.2, -0.15) is 0 Å². The Bertz CT molecular complexity index is 399. The van der Waals surface area contributed by atoms with E-state index in [0.717, 1.165) is 6.07 Å². The van der Waals surface area contributed by atoms with Crippen molar-refractivity contribution in [2.75, 3.05) is 5.32 Å². The van der Waals surface area contributed by atoms with Crippen LogP contribution in [0.25, 0.3) is 0 Å². The molecule has 6 heteroatoms. The Morgan fingerprint density at radius 2 is 2.31 bits per heavy atom. The number of aromatic amines is 1. The van der Waals surface area contributed by atoms with Gasteiger partial charge in [0.15, 0.2) is 0 Å². The van der Waals surface area contributed by atoms with E-state index in [1.807, 2.05) is 5.32 Å². The molecule has 1 heterocycles. The molecule has 0 saturated heterocycles. The maximum absolute atomic E-state index is 11.2. The van der Waals surface area contributed by atoms with E-state index in [0.29, 0.717) is 5.69 Å². The molecule has 1 aromatic heterocycles. The minimum atomic E-state index is -1.28. The van der Waals surface area contributed by atoms with Crippen LogP contribution in [0.1, 0.15) is 5.69 Å². The second kappa shape index (κ2) is 3.49. The summed E-state index contributed by atoms with van der Waals surface area (Å²) >= 11 is 5.53. The van der Waals surface area contributed by atoms with Crippen molar-refractivity contribution in [2.24, 2.45) is 0 Å². The van der Waals surface area contributed by atoms with E-state index in [4.69, 9.17) is 16.7 Å². The molecule has 0 saturated carbocycles. The smallest absolute Gasteiger partial charge is 0.409 e. The quantitative estimate of drug-likeness (QED) is 0.603. The minimum absolute atomic E-state index is 0.00287. The van der Waals surface area contributed by atoms with Gasteiger partial charge in [-0.05, 0) is 6.92 Å². The van der Waals surface area contributed by atoms with Crippen LogP contribution in [-0.4, -0.2) is 16.2 Å². The first-order chi connectivity index (χ1) is 6.00. The number of anilines is 1. The van der Waals surface area contributed by atoms with Crippen LogP contribution < -0.4 is 10.7 Å². The topological polar surface area (TPSA) is 82.2 Å². The van der Waals surface area contributed by atoms with Crippen LogP contribution in [0.2, 0.25) is 5.15 Å². The Balaban J connectivity index is 3.21. The summed E-state index contributed by atoms with van der Waals surface area (Å²) in [5.41, 5.74) is -0.0690. The molecule has 0 aromatic carbocycles. The van der Waals surface area contributed by atoms with Crippen molar-refractivity contribution in [3.05, 3.63) is 27.1 Å². The van der Waals surface area contributed by atoms with Gasteiger partial charge in [0.25, 0.3) is 0 Å². The Morgan fingerprint density at radius 3 is 2.77 bits per heavy atom. The fourth-order valence-corrected chi connectivity index (χ4v) is 1.15. The van der Waals surface area contributed by atoms with Crippen LogP contribution in [0.15, 0.2) is 10.9 Å². The Morgan fingerprint density at radius 1 is 1.69 bits per heavy atom. The number of halogens is 1. The van der Waals surface area contributed by atoms with Gasteiger partial charge < -0.3 is 10.1 Å². The zero-order chi connectivity index (χ0) is 10.0. The van der Waals surface area contributed by atoms with E-state index in [2.05, 4.69) is 4.98 Å². The maximum Gasteiger partial charge on any atom is 0.409 e. The lowest BCUT2D eigenvalue weighted by atomic mass is 10.3. The lowest BCUT2D eigenvalue weighted by Crippen LogP contribution is -2.17. The highest BCUT2D eigenvalue weighted by Crippen LogP contribution is 2.09. The van der Waals surface area contributed by atoms with E-state index in [1.54, 1.807) is 6.92 Å². The number of amides is 1. The number of nitrogens with one attached hydrogen (secondary N) is 2. The zero-order valence-corrected chi connectivity index (χ0v) is 7.47. The molecule has 0 fully saturated rings. The van der Waals surface area contributed by atoms with Gasteiger partial charge in [-0.1, -0.05) is 11.6 Å². The van der Waals surface area contributed by atoms with Gasteiger partial charge in [0, 0.05) is 11.8 Å². The molecule has 0 unspecified atom stereocenters. The maximum atomic E-state index is 11.2. The molecule has 0 aliphatic heterocycles. The highest BCUT2D eigenvalue weighted by Gasteiger charge is 2.07. The van der Waals surface area contributed by atoms with E-state index in [-0.39, 0.29) is 10.8 Å². The van der Waals surface area contributed by atoms with E-state index in [9.17, 15) is 9.59 Å². The molecule has 13 heavy (non-hydrogen) atoms. The zero-order valence-electron chi connectivity index (χ0n) is 6.72. The molecular formula is C7H7ClN2O3. The molecule has 0 radical (unpaired) electrons. The predicted octanol–water partition coefficient (Wildman–Crippen LogP) is 1.43. The highest BCUT2D eigenvalue weighted by atomic mass is 35.5. The van der Waals surface area contributed by atoms with Crippen molar-refractivity contribution in [3.63, 3.8) is 0 Å². The van der Waals surface area contributed by atoms with E-state index < -0.39 is 11.5 Å². The highest BCUT2D eigenvalue weighted by molar-refractivity contribution is 6.29. The molecular weight excluding hydrogens is 196 g/mol. The third kappa shape index (κ3) is 2.22. The number of aromatic nitrogens is 1. The molecule has 5 nitrogen and oxygen atoms in total. The van der Waals surface area contributed by atoms with Gasteiger partial charge in [-0.25, -0.2) is 4.79 Å². The fraction of sp³-hybridized carbons (Fsp3) is 0.143. The number of carbonyl (C=O) groups is 1. The fourth-order valence-electron chi connectivity index (χ4n) is 0.912. The summed E-state index contributed by atoms with van der Waals surface area (Å²) < 4.78 is 0. The summed E-state index contributed by atoms with van der Waals surface area (Å²) in [6, 6.07) is 1.11. The van der Waals surface area contributed by atoms with Crippen molar-refractivity contribution >= 4 is 23.4 Å². The summed E-state index contributed by atoms with van der Waals surface area (Å²) in [6.45, 7) is 1.55. The first-order valence-electron chi connectivity index (χ1n) is 3.40. The number of aryl methyl sites for hydroxylation is 1. The second-order valence-electron chi connectivity index (χ2n) is 2.41. The van der Waals surface area contributed by atoms with Gasteiger partial charge in [0.2, 0.25) is 5.43 Å². The SMILES string of the molecule is Cc1[nH]c(Cl)cc(=O)c1NC(=O)O. The molecule has 0 aliphatic rings. The Kier molecular flexibility index (Phi) is 2.57. The Hall–Kier alpha value is -1.49. The van der Waals surface area contributed by atoms with Crippen molar-refractivity contribution in [2.45, 2.75) is 6.92 Å². The van der Waals surface area contributed by atoms with Gasteiger partial charge >= 0.3 is 6.09 Å². The van der Waals surface area contributed by atoms with Gasteiger partial charge in [0.1, 0.15) is 10.8 Å². The van der Waals surface area contributed by atoms with Gasteiger partial charge in [0.05, 0.1) is 0 Å². The van der Waals surface area contributed by atoms with E-state index >= 15 is 0 Å². The number of pyridine rings is 1. The third-order valence-electron chi connectivity index (χ3n) is 1.42. The molecule has 0 aliphatic carbocycles. The summed E-state index contributed by atoms with van der Waals surface area (Å²) in [5, 5.41) is 10.6. The standard InChI is InChI=1S/C7H7ClN2O3/c1-3-6(10-7(12)13)4(11)2-5(8)9-3/h2,10H,1H3,(H,9,11)(H,12,13). The molecule has 3 N–H and O–H groups in total. The average Bonchev–Trinajstić information content (AvgIpc) is 1.96. The van der Waals surface area contributed by atoms with Crippen molar-refractivity contribution in [3.8, 4) is 0 Å². The summed E-state index contributed by atoms with van der Waals surface area (Å²) in [4.78, 5) is 24.1. The van der Waals surface area contributed by atoms with Crippen LogP contribution in [0.5, 0.6) is 0 Å². The van der Waals surface area contributed by atoms with Crippen molar-refractivity contribution < 1.29 is 9.90 Å². The van der Waals surface area contributed by atoms with E-state index in [1.165, 1.54) is 0 Å². The lowest BCUT2D eigenvalue weighted by Gasteiger charge is -2.03. The largest absolute Gasteiger partial charge is 0.465 e. The van der Waals surface area contributed by atoms with Crippen LogP contribution >= 0.6 is 11.6 Å². The number of rotatable bonds is 1. The normalized spacial score (nSPS) is 9.69. The van der Waals surface area contributed by atoms with Gasteiger partial charge in [-0.3, -0.25) is 10.1 Å². The number of carboxylic acid groups (broad SMARTS) is 1. The van der Waals surface area contributed by atoms with Gasteiger partial charge in [-0.15, -0.1) is 0 Å². The minimum Gasteiger partial charge on any atom is -0.465 e. The predicted molar refractivity (Wildman–Crippen MR) is 48.5 cm³/mol. The summed E-state index contributed by atoms with van der Waals surface area (Å²) in [6.07, 6.45) is -1.28. The first-order valence-corrected chi connectivity index (χ1v) is 3.78. The number of hydrogen-bond acceptors (Lipinski definition) is 2. The molecule has 0 spiro atoms. The molecule has 1 rings (SSSR count). The molecule has 1 amide bonds. The van der Waals surface area contributed by atoms with Crippen LogP contribution in [-0.2, 0) is 0 Å². The summed E-state index contributed by atoms with van der Waals surface area (Å²) in [5.74, 6) is 0.